The van der Waals surface area contributed by atoms with E-state index < -0.39 is 29.4 Å². The number of halogens is 6. The Hall–Kier alpha value is -4.89. The van der Waals surface area contributed by atoms with Gasteiger partial charge in [-0.3, -0.25) is 4.68 Å². The number of aromatic nitrogens is 10. The molecule has 0 fully saturated rings. The van der Waals surface area contributed by atoms with Gasteiger partial charge in [0.05, 0.1) is 28.0 Å². The summed E-state index contributed by atoms with van der Waals surface area (Å²) in [4.78, 5) is 0. The molecule has 0 aliphatic heterocycles. The minimum Gasteiger partial charge on any atom is -0.618 e. The Kier molecular flexibility index (Phi) is 7.50. The van der Waals surface area contributed by atoms with E-state index in [1.807, 2.05) is 0 Å². The minimum atomic E-state index is -3.00. The van der Waals surface area contributed by atoms with E-state index in [1.54, 1.807) is 12.1 Å². The number of nitrogens with zero attached hydrogens (tertiary/aromatic N) is 10. The van der Waals surface area contributed by atoms with E-state index in [2.05, 4.69) is 30.9 Å². The highest BCUT2D eigenvalue weighted by atomic mass is 35.5. The maximum atomic E-state index is 15.3. The van der Waals surface area contributed by atoms with Gasteiger partial charge in [-0.2, -0.15) is 28.0 Å². The van der Waals surface area contributed by atoms with Gasteiger partial charge in [0.1, 0.15) is 23.9 Å². The van der Waals surface area contributed by atoms with E-state index in [1.165, 1.54) is 70.7 Å². The van der Waals surface area contributed by atoms with Gasteiger partial charge in [-0.15, -0.1) is 10.2 Å². The maximum absolute atomic E-state index is 15.3. The molecule has 4 heterocycles. The zero-order valence-electron chi connectivity index (χ0n) is 21.4. The topological polar surface area (TPSA) is 119 Å². The van der Waals surface area contributed by atoms with Crippen molar-refractivity contribution in [3.63, 3.8) is 0 Å². The quantitative estimate of drug-likeness (QED) is 0.128. The lowest BCUT2D eigenvalue weighted by Gasteiger charge is -2.18. The number of rotatable bonds is 8. The van der Waals surface area contributed by atoms with Crippen LogP contribution in [0.15, 0.2) is 73.4 Å². The van der Waals surface area contributed by atoms with E-state index in [-0.39, 0.29) is 49.9 Å². The van der Waals surface area contributed by atoms with Crippen molar-refractivity contribution in [3.8, 4) is 28.1 Å². The van der Waals surface area contributed by atoms with Crippen LogP contribution in [0.2, 0.25) is 10.2 Å². The molecule has 0 saturated carbocycles. The molecule has 0 aliphatic rings. The molecule has 0 spiro atoms. The Balaban J connectivity index is 1.43. The number of benzene rings is 2. The molecular formula is C26H16Cl2F4N10O. The van der Waals surface area contributed by atoms with Crippen LogP contribution in [-0.2, 0) is 6.42 Å². The van der Waals surface area contributed by atoms with Gasteiger partial charge in [0.15, 0.2) is 17.2 Å². The van der Waals surface area contributed by atoms with Crippen LogP contribution >= 0.6 is 23.2 Å². The molecule has 0 unspecified atom stereocenters. The molecular weight excluding hydrogens is 615 g/mol. The van der Waals surface area contributed by atoms with Crippen molar-refractivity contribution in [2.45, 2.75) is 19.0 Å². The first-order valence-electron chi connectivity index (χ1n) is 12.3. The fraction of sp³-hybridized carbons (Fsp3) is 0.115. The third-order valence-electron chi connectivity index (χ3n) is 6.60. The maximum Gasteiger partial charge on any atom is 0.335 e. The number of alkyl halides is 2. The summed E-state index contributed by atoms with van der Waals surface area (Å²) in [5, 5.41) is 35.4. The number of pyridine rings is 1. The predicted octanol–water partition coefficient (Wildman–Crippen LogP) is 5.23. The Morgan fingerprint density at radius 2 is 1.74 bits per heavy atom. The number of hydrogen-bond donors (Lipinski definition) is 0. The highest BCUT2D eigenvalue weighted by Crippen LogP contribution is 2.34. The third-order valence-corrected chi connectivity index (χ3v) is 7.25. The lowest BCUT2D eigenvalue weighted by molar-refractivity contribution is -0.615. The Labute approximate surface area is 249 Å². The monoisotopic (exact) mass is 630 g/mol. The smallest absolute Gasteiger partial charge is 0.335 e. The molecule has 0 bridgehead atoms. The molecule has 6 aromatic rings. The van der Waals surface area contributed by atoms with Crippen LogP contribution in [0.1, 0.15) is 23.8 Å². The molecule has 17 heteroatoms. The van der Waals surface area contributed by atoms with Crippen molar-refractivity contribution in [3.05, 3.63) is 112 Å². The van der Waals surface area contributed by atoms with Crippen molar-refractivity contribution in [1.82, 2.24) is 45.0 Å². The van der Waals surface area contributed by atoms with Crippen LogP contribution in [0, 0.1) is 16.8 Å². The van der Waals surface area contributed by atoms with E-state index in [9.17, 15) is 18.4 Å². The van der Waals surface area contributed by atoms with Crippen LogP contribution in [0.4, 0.5) is 17.6 Å². The summed E-state index contributed by atoms with van der Waals surface area (Å²) in [6.45, 7) is -3.00. The molecule has 6 rings (SSSR count). The number of hydrogen-bond acceptors (Lipinski definition) is 7. The highest BCUT2D eigenvalue weighted by Gasteiger charge is 2.27. The second kappa shape index (κ2) is 11.4. The average molecular weight is 631 g/mol. The second-order valence-electron chi connectivity index (χ2n) is 9.18. The van der Waals surface area contributed by atoms with Crippen LogP contribution in [0.5, 0.6) is 0 Å². The molecule has 0 aliphatic carbocycles. The highest BCUT2D eigenvalue weighted by molar-refractivity contribution is 6.32. The lowest BCUT2D eigenvalue weighted by atomic mass is 10.00. The minimum absolute atomic E-state index is 0.0100. The van der Waals surface area contributed by atoms with Gasteiger partial charge >= 0.3 is 6.55 Å². The average Bonchev–Trinajstić information content (AvgIpc) is 3.76. The van der Waals surface area contributed by atoms with E-state index in [0.29, 0.717) is 10.3 Å². The summed E-state index contributed by atoms with van der Waals surface area (Å²) in [5.74, 6) is -1.22. The first-order valence-corrected chi connectivity index (χ1v) is 13.1. The summed E-state index contributed by atoms with van der Waals surface area (Å²) >= 11 is 12.1. The van der Waals surface area contributed by atoms with Gasteiger partial charge in [0, 0.05) is 24.2 Å². The largest absolute Gasteiger partial charge is 0.618 e. The normalized spacial score (nSPS) is 12.3. The van der Waals surface area contributed by atoms with Gasteiger partial charge < -0.3 is 5.21 Å². The summed E-state index contributed by atoms with van der Waals surface area (Å²) in [5.41, 5.74) is 1.48. The molecule has 0 saturated heterocycles. The number of tetrazole rings is 1. The fourth-order valence-corrected chi connectivity index (χ4v) is 4.98. The Bertz CT molecular complexity index is 1910. The molecule has 0 N–H and O–H groups in total. The van der Waals surface area contributed by atoms with E-state index in [4.69, 9.17) is 23.2 Å². The molecule has 11 nitrogen and oxygen atoms in total. The molecule has 0 amide bonds. The first-order chi connectivity index (χ1) is 20.7. The summed E-state index contributed by atoms with van der Waals surface area (Å²) in [7, 11) is 0. The lowest BCUT2D eigenvalue weighted by Crippen LogP contribution is -2.36. The van der Waals surface area contributed by atoms with Crippen LogP contribution < -0.4 is 4.73 Å². The predicted molar refractivity (Wildman–Crippen MR) is 144 cm³/mol. The Morgan fingerprint density at radius 1 is 0.953 bits per heavy atom. The third kappa shape index (κ3) is 5.39. The van der Waals surface area contributed by atoms with Crippen LogP contribution in [-0.4, -0.2) is 45.0 Å². The molecule has 218 valence electrons. The van der Waals surface area contributed by atoms with Crippen molar-refractivity contribution in [2.75, 3.05) is 0 Å². The van der Waals surface area contributed by atoms with Crippen LogP contribution in [0.3, 0.4) is 0 Å². The summed E-state index contributed by atoms with van der Waals surface area (Å²) < 4.78 is 58.8. The molecule has 1 atom stereocenters. The van der Waals surface area contributed by atoms with Crippen molar-refractivity contribution in [1.29, 1.82) is 0 Å². The van der Waals surface area contributed by atoms with Gasteiger partial charge in [0.25, 0.3) is 0 Å². The van der Waals surface area contributed by atoms with Crippen molar-refractivity contribution >= 4 is 23.2 Å². The van der Waals surface area contributed by atoms with E-state index in [0.717, 1.165) is 0 Å². The SMILES string of the molecule is [O-][n+]1cc(-c2c(-n3cnnn3)ccc(Cl)c2F)ccc1[C@@H](Cc1ccc(F)cc1)n1cc(-c2nnn(C(F)F)c2Cl)cn1. The van der Waals surface area contributed by atoms with Crippen LogP contribution in [0.25, 0.3) is 28.1 Å². The molecule has 2 aromatic carbocycles. The van der Waals surface area contributed by atoms with Gasteiger partial charge in [-0.25, -0.2) is 8.78 Å². The zero-order chi connectivity index (χ0) is 30.2. The van der Waals surface area contributed by atoms with Gasteiger partial charge in [0.2, 0.25) is 5.69 Å². The fourth-order valence-electron chi connectivity index (χ4n) is 4.57. The second-order valence-corrected chi connectivity index (χ2v) is 9.95. The Morgan fingerprint density at radius 3 is 2.42 bits per heavy atom. The van der Waals surface area contributed by atoms with Crippen molar-refractivity contribution in [2.24, 2.45) is 0 Å². The first kappa shape index (κ1) is 28.2. The zero-order valence-corrected chi connectivity index (χ0v) is 23.0. The summed E-state index contributed by atoms with van der Waals surface area (Å²) in [6.07, 6.45) is 5.42. The standard InChI is InChI=1S/C26H16Cl2F4N10O/c27-18-6-8-20(40-13-33-36-38-40)22(23(18)30)15-3-7-19(41(43)12-15)21(9-14-1-4-17(29)5-2-14)39-11-16(10-34-39)24-25(28)42(26(31)32)37-35-24/h1-8,10-13,21,26H,9H2/t21-/m1/s1. The molecule has 4 aromatic heterocycles. The van der Waals surface area contributed by atoms with E-state index >= 15 is 4.39 Å². The molecule has 43 heavy (non-hydrogen) atoms. The van der Waals surface area contributed by atoms with Gasteiger partial charge in [-0.1, -0.05) is 40.5 Å². The summed E-state index contributed by atoms with van der Waals surface area (Å²) in [6, 6.07) is 10.7. The molecule has 0 radical (unpaired) electrons. The van der Waals surface area contributed by atoms with Gasteiger partial charge in [-0.05, 0) is 46.3 Å². The van der Waals surface area contributed by atoms with Crippen molar-refractivity contribution < 1.29 is 22.3 Å².